The lowest BCUT2D eigenvalue weighted by Crippen LogP contribution is -2.31. The third kappa shape index (κ3) is 6.75. The highest BCUT2D eigenvalue weighted by molar-refractivity contribution is 8.93. The van der Waals surface area contributed by atoms with Crippen LogP contribution in [0.1, 0.15) is 67.1 Å². The van der Waals surface area contributed by atoms with Crippen LogP contribution in [0.4, 0.5) is 10.1 Å². The second-order valence-corrected chi connectivity index (χ2v) is 10.2. The molecule has 0 saturated carbocycles. The summed E-state index contributed by atoms with van der Waals surface area (Å²) < 4.78 is 31.9. The van der Waals surface area contributed by atoms with Crippen molar-refractivity contribution in [2.75, 3.05) is 44.4 Å². The van der Waals surface area contributed by atoms with E-state index >= 15 is 4.39 Å². The summed E-state index contributed by atoms with van der Waals surface area (Å²) in [5, 5.41) is 28.6. The van der Waals surface area contributed by atoms with Crippen molar-refractivity contribution in [1.82, 2.24) is 4.90 Å². The highest BCUT2D eigenvalue weighted by Gasteiger charge is 2.34. The first-order valence-electron chi connectivity index (χ1n) is 13.5. The molecule has 2 aromatic carbocycles. The van der Waals surface area contributed by atoms with Gasteiger partial charge < -0.3 is 34.2 Å². The van der Waals surface area contributed by atoms with Crippen LogP contribution in [-0.4, -0.2) is 78.3 Å². The number of benzene rings is 2. The first-order chi connectivity index (χ1) is 19.0. The molecular weight excluding hydrogens is 601 g/mol. The number of phenolic OH excluding ortho intramolecular Hbond substituents is 1. The fraction of sp³-hybridized carbons (Fsp3) is 0.483. The van der Waals surface area contributed by atoms with Gasteiger partial charge in [0.15, 0.2) is 23.1 Å². The number of aromatic hydroxyl groups is 1. The van der Waals surface area contributed by atoms with E-state index in [2.05, 4.69) is 0 Å². The average molecular weight is 639 g/mol. The van der Waals surface area contributed by atoms with Crippen molar-refractivity contribution >= 4 is 40.3 Å². The third-order valence-corrected chi connectivity index (χ3v) is 7.10. The van der Waals surface area contributed by atoms with Crippen molar-refractivity contribution in [3.63, 3.8) is 0 Å². The SMILES string of the molecule is Br.CCOc1cc2c(c(F)c1OCC)C(=N)N(CC(=O)c1cc(C(C)C)c(O)c(N3CCC(OCC(=O)O)C3)c1)C2. The van der Waals surface area contributed by atoms with Gasteiger partial charge in [-0.25, -0.2) is 9.18 Å². The Bertz CT molecular complexity index is 1320. The van der Waals surface area contributed by atoms with Crippen molar-refractivity contribution in [3.8, 4) is 17.2 Å². The summed E-state index contributed by atoms with van der Waals surface area (Å²) in [6.45, 7) is 8.43. The number of carboxylic acid groups (broad SMARTS) is 1. The predicted molar refractivity (Wildman–Crippen MR) is 157 cm³/mol. The summed E-state index contributed by atoms with van der Waals surface area (Å²) in [7, 11) is 0. The summed E-state index contributed by atoms with van der Waals surface area (Å²) in [5.74, 6) is -1.89. The Labute approximate surface area is 249 Å². The summed E-state index contributed by atoms with van der Waals surface area (Å²) in [6, 6.07) is 4.95. The second kappa shape index (κ2) is 13.5. The zero-order valence-corrected chi connectivity index (χ0v) is 25.4. The molecule has 0 bridgehead atoms. The fourth-order valence-electron chi connectivity index (χ4n) is 5.18. The summed E-state index contributed by atoms with van der Waals surface area (Å²) in [4.78, 5) is 27.8. The number of carbonyl (C=O) groups excluding carboxylic acids is 1. The Hall–Kier alpha value is -3.38. The van der Waals surface area contributed by atoms with Crippen LogP contribution in [-0.2, 0) is 16.1 Å². The van der Waals surface area contributed by atoms with Crippen LogP contribution in [0.15, 0.2) is 18.2 Å². The molecule has 0 radical (unpaired) electrons. The number of ketones is 1. The van der Waals surface area contributed by atoms with Gasteiger partial charge in [-0.3, -0.25) is 10.2 Å². The molecule has 0 spiro atoms. The maximum Gasteiger partial charge on any atom is 0.329 e. The Kier molecular flexibility index (Phi) is 10.6. The molecule has 3 N–H and O–H groups in total. The minimum absolute atomic E-state index is 0. The van der Waals surface area contributed by atoms with Gasteiger partial charge in [0, 0.05) is 25.2 Å². The standard InChI is InChI=1S/C29H36FN3O7.BrH/c1-5-38-23-11-18-12-33(29(31)25(18)26(30)28(23)39-6-2)14-22(34)17-9-20(16(3)4)27(37)21(10-17)32-8-7-19(13-32)40-15-24(35)36;/h9-11,16,19,31,37H,5-8,12-15H2,1-4H3,(H,35,36);1H. The van der Waals surface area contributed by atoms with Crippen molar-refractivity contribution in [1.29, 1.82) is 5.41 Å². The van der Waals surface area contributed by atoms with Crippen molar-refractivity contribution in [3.05, 3.63) is 46.3 Å². The van der Waals surface area contributed by atoms with Gasteiger partial charge >= 0.3 is 5.97 Å². The fourth-order valence-corrected chi connectivity index (χ4v) is 5.18. The largest absolute Gasteiger partial charge is 0.505 e. The average Bonchev–Trinajstić information content (AvgIpc) is 3.49. The molecule has 0 aromatic heterocycles. The number of carboxylic acids is 1. The van der Waals surface area contributed by atoms with Crippen LogP contribution in [0.3, 0.4) is 0 Å². The number of hydrogen-bond acceptors (Lipinski definition) is 8. The molecule has 2 heterocycles. The number of carbonyl (C=O) groups is 2. The maximum atomic E-state index is 15.4. The van der Waals surface area contributed by atoms with Crippen molar-refractivity contribution < 1.29 is 38.4 Å². The van der Waals surface area contributed by atoms with Gasteiger partial charge in [-0.15, -0.1) is 17.0 Å². The lowest BCUT2D eigenvalue weighted by atomic mass is 9.96. The lowest BCUT2D eigenvalue weighted by Gasteiger charge is -2.24. The van der Waals surface area contributed by atoms with Crippen molar-refractivity contribution in [2.24, 2.45) is 0 Å². The maximum absolute atomic E-state index is 15.4. The Morgan fingerprint density at radius 3 is 2.51 bits per heavy atom. The zero-order chi connectivity index (χ0) is 29.1. The second-order valence-electron chi connectivity index (χ2n) is 10.2. The van der Waals surface area contributed by atoms with E-state index in [1.165, 1.54) is 4.90 Å². The molecule has 10 nitrogen and oxygen atoms in total. The molecule has 1 fully saturated rings. The molecule has 1 atom stereocenters. The van der Waals surface area contributed by atoms with E-state index in [1.807, 2.05) is 18.7 Å². The van der Waals surface area contributed by atoms with Gasteiger partial charge in [0.2, 0.25) is 0 Å². The van der Waals surface area contributed by atoms with Crippen LogP contribution in [0.2, 0.25) is 0 Å². The highest BCUT2D eigenvalue weighted by atomic mass is 79.9. The number of aliphatic carboxylic acids is 1. The van der Waals surface area contributed by atoms with Gasteiger partial charge in [-0.2, -0.15) is 0 Å². The number of amidine groups is 1. The molecule has 4 rings (SSSR count). The van der Waals surface area contributed by atoms with Gasteiger partial charge in [0.05, 0.1) is 37.1 Å². The number of phenols is 1. The van der Waals surface area contributed by atoms with Crippen LogP contribution >= 0.6 is 17.0 Å². The zero-order valence-electron chi connectivity index (χ0n) is 23.7. The number of halogens is 2. The third-order valence-electron chi connectivity index (χ3n) is 7.10. The van der Waals surface area contributed by atoms with E-state index in [9.17, 15) is 14.7 Å². The van der Waals surface area contributed by atoms with Crippen LogP contribution in [0, 0.1) is 11.2 Å². The van der Waals surface area contributed by atoms with E-state index < -0.39 is 18.4 Å². The first-order valence-corrected chi connectivity index (χ1v) is 13.5. The topological polar surface area (TPSA) is 133 Å². The molecule has 0 amide bonds. The molecule has 1 unspecified atom stereocenters. The lowest BCUT2D eigenvalue weighted by molar-refractivity contribution is -0.143. The van der Waals surface area contributed by atoms with Gasteiger partial charge in [0.1, 0.15) is 18.2 Å². The van der Waals surface area contributed by atoms with E-state index in [0.717, 1.165) is 0 Å². The van der Waals surface area contributed by atoms with Crippen LogP contribution < -0.4 is 14.4 Å². The molecule has 41 heavy (non-hydrogen) atoms. The molecule has 12 heteroatoms. The summed E-state index contributed by atoms with van der Waals surface area (Å²) >= 11 is 0. The monoisotopic (exact) mass is 637 g/mol. The molecule has 2 aliphatic rings. The predicted octanol–water partition coefficient (Wildman–Crippen LogP) is 4.73. The van der Waals surface area contributed by atoms with Gasteiger partial charge in [-0.05, 0) is 55.5 Å². The number of Topliss-reactive ketones (excluding diaryl/α,β-unsaturated/α-hetero) is 1. The van der Waals surface area contributed by atoms with Crippen molar-refractivity contribution in [2.45, 2.75) is 52.7 Å². The molecule has 2 aromatic rings. The molecule has 224 valence electrons. The number of hydrogen-bond donors (Lipinski definition) is 3. The van der Waals surface area contributed by atoms with Crippen LogP contribution in [0.5, 0.6) is 17.2 Å². The highest BCUT2D eigenvalue weighted by Crippen LogP contribution is 2.40. The first kappa shape index (κ1) is 32.1. The minimum atomic E-state index is -1.05. The normalized spacial score (nSPS) is 16.1. The number of fused-ring (bicyclic) bond motifs is 1. The summed E-state index contributed by atoms with van der Waals surface area (Å²) in [6.07, 6.45) is 0.281. The minimum Gasteiger partial charge on any atom is -0.505 e. The number of anilines is 1. The van der Waals surface area contributed by atoms with Gasteiger partial charge in [-0.1, -0.05) is 13.8 Å². The Morgan fingerprint density at radius 2 is 1.88 bits per heavy atom. The van der Waals surface area contributed by atoms with E-state index in [-0.39, 0.29) is 83.1 Å². The van der Waals surface area contributed by atoms with E-state index in [4.69, 9.17) is 24.7 Å². The molecular formula is C29H37BrFN3O7. The smallest absolute Gasteiger partial charge is 0.329 e. The Morgan fingerprint density at radius 1 is 1.17 bits per heavy atom. The molecule has 0 aliphatic carbocycles. The summed E-state index contributed by atoms with van der Waals surface area (Å²) in [5.41, 5.74) is 2.08. The van der Waals surface area contributed by atoms with E-state index in [1.54, 1.807) is 32.0 Å². The quantitative estimate of drug-likeness (QED) is 0.282. The molecule has 1 saturated heterocycles. The molecule has 2 aliphatic heterocycles. The Balaban J connectivity index is 0.00000462. The van der Waals surface area contributed by atoms with Gasteiger partial charge in [0.25, 0.3) is 0 Å². The van der Waals surface area contributed by atoms with E-state index in [0.29, 0.717) is 48.5 Å². The number of nitrogens with one attached hydrogen (secondary N) is 1. The number of rotatable bonds is 12. The number of ether oxygens (including phenoxy) is 3. The van der Waals surface area contributed by atoms with Crippen LogP contribution in [0.25, 0.3) is 0 Å². The number of nitrogens with zero attached hydrogens (tertiary/aromatic N) is 2.